The lowest BCUT2D eigenvalue weighted by Crippen LogP contribution is -2.35. The summed E-state index contributed by atoms with van der Waals surface area (Å²) < 4.78 is 6.30. The molecule has 1 aliphatic heterocycles. The first-order chi connectivity index (χ1) is 7.09. The van der Waals surface area contributed by atoms with E-state index in [1.54, 1.807) is 0 Å². The van der Waals surface area contributed by atoms with Gasteiger partial charge in [0, 0.05) is 15.0 Å². The van der Waals surface area contributed by atoms with Gasteiger partial charge in [-0.05, 0) is 12.1 Å². The molecule has 1 heterocycles. The molecule has 0 bridgehead atoms. The fourth-order valence-electron chi connectivity index (χ4n) is 1.78. The molecule has 2 atom stereocenters. The summed E-state index contributed by atoms with van der Waals surface area (Å²) in [7, 11) is 0. The molecule has 0 fully saturated rings. The number of fused-ring (bicyclic) bond motifs is 1. The van der Waals surface area contributed by atoms with Gasteiger partial charge in [0.2, 0.25) is 0 Å². The maximum absolute atomic E-state index is 10.8. The van der Waals surface area contributed by atoms with E-state index in [4.69, 9.17) is 4.74 Å². The van der Waals surface area contributed by atoms with Crippen LogP contribution in [0.4, 0.5) is 0 Å². The predicted molar refractivity (Wildman–Crippen MR) is 58.8 cm³/mol. The number of hydrogen-bond donors (Lipinski definition) is 0. The Morgan fingerprint density at radius 2 is 2.33 bits per heavy atom. The fourth-order valence-corrected chi connectivity index (χ4v) is 2.12. The van der Waals surface area contributed by atoms with Crippen LogP contribution in [-0.4, -0.2) is 17.6 Å². The van der Waals surface area contributed by atoms with Gasteiger partial charge in [-0.15, -0.1) is 0 Å². The highest BCUT2D eigenvalue weighted by Gasteiger charge is 2.35. The van der Waals surface area contributed by atoms with Gasteiger partial charge in [-0.3, -0.25) is 10.1 Å². The van der Waals surface area contributed by atoms with Gasteiger partial charge in [-0.2, -0.15) is 0 Å². The highest BCUT2D eigenvalue weighted by Crippen LogP contribution is 2.36. The van der Waals surface area contributed by atoms with Crippen molar-refractivity contribution in [3.8, 4) is 5.75 Å². The zero-order valence-corrected chi connectivity index (χ0v) is 9.73. The number of halogens is 1. The van der Waals surface area contributed by atoms with E-state index in [-0.39, 0.29) is 17.4 Å². The lowest BCUT2D eigenvalue weighted by molar-refractivity contribution is -0.529. The first-order valence-electron chi connectivity index (χ1n) is 4.65. The van der Waals surface area contributed by atoms with Crippen LogP contribution in [0, 0.1) is 10.1 Å². The van der Waals surface area contributed by atoms with Crippen molar-refractivity contribution in [3.05, 3.63) is 38.3 Å². The Bertz CT molecular complexity index is 408. The van der Waals surface area contributed by atoms with Crippen molar-refractivity contribution in [2.24, 2.45) is 0 Å². The van der Waals surface area contributed by atoms with Gasteiger partial charge in [0.1, 0.15) is 5.75 Å². The number of hydrogen-bond acceptors (Lipinski definition) is 3. The molecular weight excluding hydrogens is 262 g/mol. The Kier molecular flexibility index (Phi) is 2.65. The number of nitrogens with zero attached hydrogens (tertiary/aromatic N) is 1. The summed E-state index contributed by atoms with van der Waals surface area (Å²) in [6.45, 7) is 2.01. The molecule has 0 radical (unpaired) electrons. The van der Waals surface area contributed by atoms with Gasteiger partial charge in [-0.1, -0.05) is 28.9 Å². The normalized spacial score (nSPS) is 24.1. The smallest absolute Gasteiger partial charge is 0.253 e. The molecule has 0 saturated carbocycles. The van der Waals surface area contributed by atoms with Crippen LogP contribution in [0.2, 0.25) is 0 Å². The van der Waals surface area contributed by atoms with Gasteiger partial charge in [0.25, 0.3) is 6.04 Å². The lowest BCUT2D eigenvalue weighted by atomic mass is 9.91. The van der Waals surface area contributed by atoms with Crippen LogP contribution in [0.3, 0.4) is 0 Å². The van der Waals surface area contributed by atoms with Crippen molar-refractivity contribution in [2.45, 2.75) is 18.9 Å². The fraction of sp³-hybridized carbons (Fsp3) is 0.400. The minimum absolute atomic E-state index is 0.100. The van der Waals surface area contributed by atoms with Gasteiger partial charge in [0.15, 0.2) is 6.61 Å². The van der Waals surface area contributed by atoms with Crippen molar-refractivity contribution < 1.29 is 9.66 Å². The molecule has 0 amide bonds. The molecule has 1 aliphatic rings. The van der Waals surface area contributed by atoms with Crippen LogP contribution in [0.5, 0.6) is 5.75 Å². The number of ether oxygens (including phenoxy) is 1. The third-order valence-electron chi connectivity index (χ3n) is 2.72. The van der Waals surface area contributed by atoms with E-state index in [2.05, 4.69) is 15.9 Å². The van der Waals surface area contributed by atoms with Crippen LogP contribution in [-0.2, 0) is 0 Å². The Morgan fingerprint density at radius 1 is 1.60 bits per heavy atom. The number of benzene rings is 1. The van der Waals surface area contributed by atoms with Gasteiger partial charge < -0.3 is 4.74 Å². The molecule has 5 heteroatoms. The SMILES string of the molecule is CC1c2ccc(Br)cc2OCC1[N+](=O)[O-]. The van der Waals surface area contributed by atoms with Crippen molar-refractivity contribution in [1.82, 2.24) is 0 Å². The minimum Gasteiger partial charge on any atom is -0.486 e. The molecule has 0 aromatic heterocycles. The molecule has 0 aliphatic carbocycles. The van der Waals surface area contributed by atoms with Crippen LogP contribution in [0.25, 0.3) is 0 Å². The zero-order chi connectivity index (χ0) is 11.0. The largest absolute Gasteiger partial charge is 0.486 e. The molecular formula is C10H10BrNO3. The van der Waals surface area contributed by atoms with Gasteiger partial charge in [0.05, 0.1) is 5.92 Å². The van der Waals surface area contributed by atoms with E-state index in [1.807, 2.05) is 25.1 Å². The minimum atomic E-state index is -0.640. The summed E-state index contributed by atoms with van der Waals surface area (Å²) in [5.74, 6) is 0.645. The Labute approximate surface area is 95.5 Å². The Balaban J connectivity index is 2.38. The summed E-state index contributed by atoms with van der Waals surface area (Å²) in [5.41, 5.74) is 0.908. The van der Waals surface area contributed by atoms with E-state index < -0.39 is 6.04 Å². The molecule has 2 rings (SSSR count). The first kappa shape index (κ1) is 10.4. The number of rotatable bonds is 1. The molecule has 2 unspecified atom stereocenters. The summed E-state index contributed by atoms with van der Waals surface area (Å²) in [5, 5.41) is 10.8. The molecule has 0 saturated heterocycles. The second kappa shape index (κ2) is 3.81. The molecule has 0 spiro atoms. The van der Waals surface area contributed by atoms with E-state index in [1.165, 1.54) is 0 Å². The molecule has 1 aromatic carbocycles. The highest BCUT2D eigenvalue weighted by molar-refractivity contribution is 9.10. The topological polar surface area (TPSA) is 52.4 Å². The summed E-state index contributed by atoms with van der Waals surface area (Å²) in [4.78, 5) is 10.5. The second-order valence-corrected chi connectivity index (χ2v) is 4.55. The van der Waals surface area contributed by atoms with E-state index in [9.17, 15) is 10.1 Å². The van der Waals surface area contributed by atoms with Crippen molar-refractivity contribution in [3.63, 3.8) is 0 Å². The van der Waals surface area contributed by atoms with Gasteiger partial charge >= 0.3 is 0 Å². The molecule has 15 heavy (non-hydrogen) atoms. The summed E-state index contributed by atoms with van der Waals surface area (Å²) >= 11 is 3.34. The highest BCUT2D eigenvalue weighted by atomic mass is 79.9. The standard InChI is InChI=1S/C10H10BrNO3/c1-6-8-3-2-7(11)4-10(8)15-5-9(6)12(13)14/h2-4,6,9H,5H2,1H3. The van der Waals surface area contributed by atoms with E-state index in [0.29, 0.717) is 0 Å². The number of nitro groups is 1. The zero-order valence-electron chi connectivity index (χ0n) is 8.14. The lowest BCUT2D eigenvalue weighted by Gasteiger charge is -2.25. The second-order valence-electron chi connectivity index (χ2n) is 3.63. The van der Waals surface area contributed by atoms with Crippen molar-refractivity contribution >= 4 is 15.9 Å². The Hall–Kier alpha value is -1.10. The van der Waals surface area contributed by atoms with E-state index in [0.717, 1.165) is 15.8 Å². The quantitative estimate of drug-likeness (QED) is 0.583. The Morgan fingerprint density at radius 3 is 3.00 bits per heavy atom. The summed E-state index contributed by atoms with van der Waals surface area (Å²) in [6, 6.07) is 4.96. The maximum atomic E-state index is 10.8. The summed E-state index contributed by atoms with van der Waals surface area (Å²) in [6.07, 6.45) is 0. The van der Waals surface area contributed by atoms with Crippen LogP contribution in [0.1, 0.15) is 18.4 Å². The predicted octanol–water partition coefficient (Wildman–Crippen LogP) is 2.59. The molecule has 4 nitrogen and oxygen atoms in total. The van der Waals surface area contributed by atoms with Crippen molar-refractivity contribution in [1.29, 1.82) is 0 Å². The van der Waals surface area contributed by atoms with Crippen LogP contribution >= 0.6 is 15.9 Å². The average molecular weight is 272 g/mol. The maximum Gasteiger partial charge on any atom is 0.253 e. The third-order valence-corrected chi connectivity index (χ3v) is 3.22. The monoisotopic (exact) mass is 271 g/mol. The van der Waals surface area contributed by atoms with Crippen LogP contribution in [0.15, 0.2) is 22.7 Å². The molecule has 1 aromatic rings. The van der Waals surface area contributed by atoms with Crippen molar-refractivity contribution in [2.75, 3.05) is 6.61 Å². The van der Waals surface area contributed by atoms with E-state index >= 15 is 0 Å². The third kappa shape index (κ3) is 1.84. The van der Waals surface area contributed by atoms with Crippen LogP contribution < -0.4 is 4.74 Å². The average Bonchev–Trinajstić information content (AvgIpc) is 2.17. The first-order valence-corrected chi connectivity index (χ1v) is 5.44. The molecule has 80 valence electrons. The molecule has 0 N–H and O–H groups in total. The van der Waals surface area contributed by atoms with Gasteiger partial charge in [-0.25, -0.2) is 0 Å².